The SMILES string of the molecule is CC(=O)OC[C@H](OC(C)=O)[C@H]1O[C@H](O)[C@@H](OCc2ccccc2)[C@@H](OC(C)=O)[C@@H]1OC1O[C@H](CO)[C@@H](O[C@@H]2O[C@H](CO)[C@H](O)[C@H](O)[C@H]2O)[C@@H](O)[C@H]1O. The maximum absolute atomic E-state index is 12.4. The van der Waals surface area contributed by atoms with E-state index in [1.54, 1.807) is 30.3 Å². The summed E-state index contributed by atoms with van der Waals surface area (Å²) in [7, 11) is 0. The Morgan fingerprint density at radius 2 is 1.27 bits per heavy atom. The minimum atomic E-state index is -2.06. The van der Waals surface area contributed by atoms with Crippen molar-refractivity contribution in [1.82, 2.24) is 0 Å². The van der Waals surface area contributed by atoms with E-state index >= 15 is 0 Å². The topological polar surface area (TPSA) is 296 Å². The highest BCUT2D eigenvalue weighted by molar-refractivity contribution is 5.67. The summed E-state index contributed by atoms with van der Waals surface area (Å²) < 4.78 is 50.5. The van der Waals surface area contributed by atoms with Crippen LogP contribution in [0, 0.1) is 0 Å². The first-order chi connectivity index (χ1) is 24.7. The Balaban J connectivity index is 1.65. The molecule has 3 heterocycles. The molecule has 0 saturated carbocycles. The Morgan fingerprint density at radius 1 is 0.673 bits per heavy atom. The Bertz CT molecular complexity index is 1300. The number of carbonyl (C=O) groups excluding carboxylic acids is 3. The highest BCUT2D eigenvalue weighted by atomic mass is 16.8. The fourth-order valence-electron chi connectivity index (χ4n) is 6.01. The Kier molecular flexibility index (Phi) is 15.2. The standard InChI is InChI=1S/C32H46O20/c1-13(35)44-12-19(46-14(2)36)26-27(28(47-15(3)37)29(30(43)50-26)45-11-16-7-5-4-6-8-16)52-32-24(42)22(40)25(18(10-34)49-32)51-31-23(41)21(39)20(38)17(9-33)48-31/h4-8,17-34,38-43H,9-12H2,1-3H3/t17-,18-,19+,20+,21+,22+,23-,24-,25-,26-,27-,28+,29+,30+,31+,32?/m1/s1. The van der Waals surface area contributed by atoms with Gasteiger partial charge in [-0.25, -0.2) is 0 Å². The molecule has 52 heavy (non-hydrogen) atoms. The lowest BCUT2D eigenvalue weighted by molar-refractivity contribution is -0.382. The van der Waals surface area contributed by atoms with Gasteiger partial charge < -0.3 is 83.5 Å². The summed E-state index contributed by atoms with van der Waals surface area (Å²) in [6, 6.07) is 8.66. The molecule has 8 N–H and O–H groups in total. The fourth-order valence-corrected chi connectivity index (χ4v) is 6.01. The van der Waals surface area contributed by atoms with E-state index < -0.39 is 136 Å². The van der Waals surface area contributed by atoms with Crippen molar-refractivity contribution in [2.75, 3.05) is 19.8 Å². The van der Waals surface area contributed by atoms with E-state index in [-0.39, 0.29) is 6.61 Å². The Labute approximate surface area is 297 Å². The molecule has 3 fully saturated rings. The molecule has 3 saturated heterocycles. The molecule has 3 aliphatic rings. The van der Waals surface area contributed by atoms with Crippen molar-refractivity contribution in [2.45, 2.75) is 126 Å². The molecule has 20 nitrogen and oxygen atoms in total. The minimum Gasteiger partial charge on any atom is -0.462 e. The number of benzene rings is 1. The molecule has 294 valence electrons. The lowest BCUT2D eigenvalue weighted by Crippen LogP contribution is -2.68. The second-order valence-corrected chi connectivity index (χ2v) is 12.4. The molecule has 20 heteroatoms. The zero-order valence-corrected chi connectivity index (χ0v) is 28.4. The van der Waals surface area contributed by atoms with Gasteiger partial charge in [-0.3, -0.25) is 14.4 Å². The Hall–Kier alpha value is -2.93. The largest absolute Gasteiger partial charge is 0.462 e. The van der Waals surface area contributed by atoms with Crippen LogP contribution in [0.1, 0.15) is 26.3 Å². The summed E-state index contributed by atoms with van der Waals surface area (Å²) in [5.41, 5.74) is 0.647. The summed E-state index contributed by atoms with van der Waals surface area (Å²) in [5.74, 6) is -2.55. The first kappa shape index (κ1) is 41.8. The number of hydrogen-bond donors (Lipinski definition) is 8. The van der Waals surface area contributed by atoms with Crippen molar-refractivity contribution in [3.05, 3.63) is 35.9 Å². The maximum atomic E-state index is 12.4. The third-order valence-electron chi connectivity index (χ3n) is 8.52. The normalized spacial score (nSPS) is 38.6. The molecule has 3 aliphatic heterocycles. The monoisotopic (exact) mass is 750 g/mol. The van der Waals surface area contributed by atoms with Gasteiger partial charge in [0.25, 0.3) is 0 Å². The maximum Gasteiger partial charge on any atom is 0.303 e. The third-order valence-corrected chi connectivity index (χ3v) is 8.52. The van der Waals surface area contributed by atoms with Crippen LogP contribution in [0.4, 0.5) is 0 Å². The van der Waals surface area contributed by atoms with Gasteiger partial charge in [-0.2, -0.15) is 0 Å². The average Bonchev–Trinajstić information content (AvgIpc) is 3.10. The minimum absolute atomic E-state index is 0.132. The summed E-state index contributed by atoms with van der Waals surface area (Å²) in [4.78, 5) is 36.3. The van der Waals surface area contributed by atoms with Gasteiger partial charge >= 0.3 is 17.9 Å². The van der Waals surface area contributed by atoms with E-state index in [0.717, 1.165) is 20.8 Å². The van der Waals surface area contributed by atoms with Crippen LogP contribution in [-0.4, -0.2) is 177 Å². The molecular formula is C32H46O20. The molecular weight excluding hydrogens is 704 g/mol. The molecule has 16 atom stereocenters. The molecule has 1 unspecified atom stereocenters. The van der Waals surface area contributed by atoms with Gasteiger partial charge in [0.05, 0.1) is 19.8 Å². The van der Waals surface area contributed by atoms with Crippen LogP contribution >= 0.6 is 0 Å². The molecule has 0 aromatic heterocycles. The molecule has 1 aromatic rings. The predicted molar refractivity (Wildman–Crippen MR) is 165 cm³/mol. The molecule has 0 aliphatic carbocycles. The van der Waals surface area contributed by atoms with Crippen molar-refractivity contribution in [3.63, 3.8) is 0 Å². The molecule has 1 aromatic carbocycles. The Morgan fingerprint density at radius 3 is 1.85 bits per heavy atom. The summed E-state index contributed by atoms with van der Waals surface area (Å²) in [6.45, 7) is 0.691. The molecule has 0 bridgehead atoms. The van der Waals surface area contributed by atoms with E-state index in [0.29, 0.717) is 5.56 Å². The van der Waals surface area contributed by atoms with Crippen molar-refractivity contribution >= 4 is 17.9 Å². The first-order valence-electron chi connectivity index (χ1n) is 16.4. The highest BCUT2D eigenvalue weighted by Crippen LogP contribution is 2.35. The van der Waals surface area contributed by atoms with Crippen molar-refractivity contribution in [2.24, 2.45) is 0 Å². The van der Waals surface area contributed by atoms with Crippen LogP contribution in [0.3, 0.4) is 0 Å². The van der Waals surface area contributed by atoms with Gasteiger partial charge in [0.2, 0.25) is 0 Å². The molecule has 4 rings (SSSR count). The van der Waals surface area contributed by atoms with Crippen LogP contribution in [0.2, 0.25) is 0 Å². The zero-order chi connectivity index (χ0) is 38.3. The van der Waals surface area contributed by atoms with Gasteiger partial charge in [0, 0.05) is 20.8 Å². The first-order valence-corrected chi connectivity index (χ1v) is 16.4. The number of aliphatic hydroxyl groups is 8. The smallest absolute Gasteiger partial charge is 0.303 e. The van der Waals surface area contributed by atoms with Crippen LogP contribution in [0.15, 0.2) is 30.3 Å². The van der Waals surface area contributed by atoms with E-state index in [1.807, 2.05) is 0 Å². The number of ether oxygens (including phenoxy) is 9. The lowest BCUT2D eigenvalue weighted by atomic mass is 9.93. The van der Waals surface area contributed by atoms with Crippen molar-refractivity contribution in [1.29, 1.82) is 0 Å². The van der Waals surface area contributed by atoms with Gasteiger partial charge in [-0.05, 0) is 5.56 Å². The highest BCUT2D eigenvalue weighted by Gasteiger charge is 2.56. The van der Waals surface area contributed by atoms with Gasteiger partial charge in [-0.15, -0.1) is 0 Å². The number of esters is 3. The zero-order valence-electron chi connectivity index (χ0n) is 28.4. The van der Waals surface area contributed by atoms with Crippen LogP contribution < -0.4 is 0 Å². The second-order valence-electron chi connectivity index (χ2n) is 12.4. The summed E-state index contributed by atoms with van der Waals surface area (Å²) >= 11 is 0. The fraction of sp³-hybridized carbons (Fsp3) is 0.719. The lowest BCUT2D eigenvalue weighted by Gasteiger charge is -2.49. The number of hydrogen-bond acceptors (Lipinski definition) is 20. The van der Waals surface area contributed by atoms with Gasteiger partial charge in [0.1, 0.15) is 73.8 Å². The number of rotatable bonds is 14. The van der Waals surface area contributed by atoms with E-state index in [9.17, 15) is 55.2 Å². The van der Waals surface area contributed by atoms with E-state index in [4.69, 9.17) is 42.6 Å². The van der Waals surface area contributed by atoms with Crippen LogP contribution in [-0.2, 0) is 63.6 Å². The molecule has 0 spiro atoms. The quantitative estimate of drug-likeness (QED) is 0.0659. The number of aliphatic hydroxyl groups excluding tert-OH is 8. The van der Waals surface area contributed by atoms with Gasteiger partial charge in [0.15, 0.2) is 31.1 Å². The molecule has 0 amide bonds. The van der Waals surface area contributed by atoms with Crippen LogP contribution in [0.25, 0.3) is 0 Å². The third kappa shape index (κ3) is 10.2. The number of carbonyl (C=O) groups is 3. The van der Waals surface area contributed by atoms with Crippen molar-refractivity contribution in [3.8, 4) is 0 Å². The van der Waals surface area contributed by atoms with E-state index in [1.165, 1.54) is 0 Å². The van der Waals surface area contributed by atoms with Crippen LogP contribution in [0.5, 0.6) is 0 Å². The summed E-state index contributed by atoms with van der Waals surface area (Å²) in [5, 5.41) is 84.1. The average molecular weight is 751 g/mol. The van der Waals surface area contributed by atoms with Gasteiger partial charge in [-0.1, -0.05) is 30.3 Å². The van der Waals surface area contributed by atoms with E-state index in [2.05, 4.69) is 0 Å². The second kappa shape index (κ2) is 18.9. The summed E-state index contributed by atoms with van der Waals surface area (Å²) in [6.07, 6.45) is -27.8. The van der Waals surface area contributed by atoms with Crippen molar-refractivity contribution < 1.29 is 97.9 Å². The predicted octanol–water partition coefficient (Wildman–Crippen LogP) is -4.28. The molecule has 0 radical (unpaired) electrons.